The number of hydrogen-bond acceptors (Lipinski definition) is 5. The Balaban J connectivity index is 2.58. The summed E-state index contributed by atoms with van der Waals surface area (Å²) in [5.74, 6) is -1.67. The van der Waals surface area contributed by atoms with Gasteiger partial charge in [0.1, 0.15) is 13.2 Å². The lowest BCUT2D eigenvalue weighted by Gasteiger charge is -2.06. The molecule has 0 heterocycles. The molecule has 0 unspecified atom stereocenters. The minimum atomic E-state index is -3.27. The lowest BCUT2D eigenvalue weighted by molar-refractivity contribution is -0.143. The molecular formula is C12H15NO6S. The number of carboxylic acids is 1. The van der Waals surface area contributed by atoms with Gasteiger partial charge in [-0.3, -0.25) is 4.79 Å². The molecule has 1 aromatic rings. The molecule has 0 saturated heterocycles. The highest BCUT2D eigenvalue weighted by Gasteiger charge is 2.11. The van der Waals surface area contributed by atoms with E-state index in [1.54, 1.807) is 6.92 Å². The minimum absolute atomic E-state index is 0.00172. The van der Waals surface area contributed by atoms with Gasteiger partial charge in [-0.15, -0.1) is 0 Å². The molecule has 110 valence electrons. The van der Waals surface area contributed by atoms with E-state index in [0.717, 1.165) is 0 Å². The summed E-state index contributed by atoms with van der Waals surface area (Å²) in [6, 6.07) is 5.70. The Morgan fingerprint density at radius 3 is 2.30 bits per heavy atom. The zero-order chi connectivity index (χ0) is 15.2. The number of anilines is 1. The van der Waals surface area contributed by atoms with E-state index >= 15 is 0 Å². The first-order valence-electron chi connectivity index (χ1n) is 5.77. The maximum Gasteiger partial charge on any atom is 0.329 e. The van der Waals surface area contributed by atoms with Crippen LogP contribution < -0.4 is 5.32 Å². The van der Waals surface area contributed by atoms with E-state index in [9.17, 15) is 18.0 Å². The number of benzene rings is 1. The third kappa shape index (κ3) is 4.98. The summed E-state index contributed by atoms with van der Waals surface area (Å²) >= 11 is 0. The number of nitrogens with one attached hydrogen (secondary N) is 1. The Bertz CT molecular complexity index is 578. The molecule has 1 aromatic carbocycles. The van der Waals surface area contributed by atoms with Crippen molar-refractivity contribution in [1.29, 1.82) is 0 Å². The molecule has 0 fully saturated rings. The zero-order valence-electron chi connectivity index (χ0n) is 10.8. The summed E-state index contributed by atoms with van der Waals surface area (Å²) in [4.78, 5) is 21.8. The van der Waals surface area contributed by atoms with Crippen LogP contribution in [0.2, 0.25) is 0 Å². The van der Waals surface area contributed by atoms with Crippen LogP contribution in [-0.2, 0) is 24.2 Å². The fraction of sp³-hybridized carbons (Fsp3) is 0.333. The number of hydrogen-bond donors (Lipinski definition) is 2. The predicted octanol–water partition coefficient (Wildman–Crippen LogP) is 0.520. The lowest BCUT2D eigenvalue weighted by Crippen LogP contribution is -2.20. The van der Waals surface area contributed by atoms with Gasteiger partial charge in [-0.2, -0.15) is 0 Å². The number of rotatable bonds is 7. The molecule has 7 nitrogen and oxygen atoms in total. The van der Waals surface area contributed by atoms with Crippen molar-refractivity contribution in [3.8, 4) is 0 Å². The highest BCUT2D eigenvalue weighted by Crippen LogP contribution is 2.15. The summed E-state index contributed by atoms with van der Waals surface area (Å²) in [6.45, 7) is 0.604. The van der Waals surface area contributed by atoms with Crippen LogP contribution >= 0.6 is 0 Å². The molecule has 1 amide bonds. The number of amides is 1. The third-order valence-electron chi connectivity index (χ3n) is 2.34. The standard InChI is InChI=1S/C12H15NO6S/c1-2-20(17,18)10-5-3-9(4-6-10)13-11(14)7-19-8-12(15)16/h3-6H,2,7-8H2,1H3,(H,13,14)(H,15,16). The largest absolute Gasteiger partial charge is 0.480 e. The molecule has 0 spiro atoms. The minimum Gasteiger partial charge on any atom is -0.480 e. The molecule has 0 saturated carbocycles. The first-order valence-corrected chi connectivity index (χ1v) is 7.42. The van der Waals surface area contributed by atoms with Gasteiger partial charge in [-0.1, -0.05) is 6.92 Å². The second kappa shape index (κ2) is 7.01. The van der Waals surface area contributed by atoms with Crippen molar-refractivity contribution < 1.29 is 27.9 Å². The van der Waals surface area contributed by atoms with Crippen molar-refractivity contribution in [2.75, 3.05) is 24.3 Å². The maximum absolute atomic E-state index is 11.6. The van der Waals surface area contributed by atoms with Gasteiger partial charge in [0, 0.05) is 5.69 Å². The van der Waals surface area contributed by atoms with Gasteiger partial charge in [-0.25, -0.2) is 13.2 Å². The highest BCUT2D eigenvalue weighted by atomic mass is 32.2. The molecule has 8 heteroatoms. The Labute approximate surface area is 116 Å². The van der Waals surface area contributed by atoms with E-state index in [-0.39, 0.29) is 17.3 Å². The van der Waals surface area contributed by atoms with E-state index in [2.05, 4.69) is 10.1 Å². The number of sulfone groups is 1. The Hall–Kier alpha value is -1.93. The Morgan fingerprint density at radius 1 is 1.20 bits per heavy atom. The van der Waals surface area contributed by atoms with E-state index in [4.69, 9.17) is 5.11 Å². The molecule has 0 bridgehead atoms. The molecule has 0 atom stereocenters. The number of carbonyl (C=O) groups excluding carboxylic acids is 1. The monoisotopic (exact) mass is 301 g/mol. The van der Waals surface area contributed by atoms with Gasteiger partial charge < -0.3 is 15.2 Å². The molecule has 0 aliphatic carbocycles. The van der Waals surface area contributed by atoms with Gasteiger partial charge in [0.15, 0.2) is 9.84 Å². The van der Waals surface area contributed by atoms with Crippen LogP contribution in [0.3, 0.4) is 0 Å². The van der Waals surface area contributed by atoms with Gasteiger partial charge in [0.2, 0.25) is 5.91 Å². The van der Waals surface area contributed by atoms with E-state index in [1.807, 2.05) is 0 Å². The molecule has 0 aromatic heterocycles. The van der Waals surface area contributed by atoms with Crippen LogP contribution in [0, 0.1) is 0 Å². The van der Waals surface area contributed by atoms with Crippen molar-refractivity contribution in [3.05, 3.63) is 24.3 Å². The average molecular weight is 301 g/mol. The van der Waals surface area contributed by atoms with E-state index < -0.39 is 28.3 Å². The Morgan fingerprint density at radius 2 is 1.80 bits per heavy atom. The zero-order valence-corrected chi connectivity index (χ0v) is 11.6. The third-order valence-corrected chi connectivity index (χ3v) is 4.09. The number of carboxylic acid groups (broad SMARTS) is 1. The van der Waals surface area contributed by atoms with Crippen molar-refractivity contribution in [3.63, 3.8) is 0 Å². The van der Waals surface area contributed by atoms with Gasteiger partial charge in [0.25, 0.3) is 0 Å². The van der Waals surface area contributed by atoms with E-state index in [1.165, 1.54) is 24.3 Å². The first kappa shape index (κ1) is 16.1. The van der Waals surface area contributed by atoms with Crippen LogP contribution in [0.15, 0.2) is 29.2 Å². The van der Waals surface area contributed by atoms with Crippen molar-refractivity contribution in [1.82, 2.24) is 0 Å². The topological polar surface area (TPSA) is 110 Å². The van der Waals surface area contributed by atoms with Crippen molar-refractivity contribution in [2.24, 2.45) is 0 Å². The van der Waals surface area contributed by atoms with Crippen molar-refractivity contribution in [2.45, 2.75) is 11.8 Å². The second-order valence-electron chi connectivity index (χ2n) is 3.86. The van der Waals surface area contributed by atoms with Crippen LogP contribution in [0.1, 0.15) is 6.92 Å². The van der Waals surface area contributed by atoms with Crippen LogP contribution in [0.25, 0.3) is 0 Å². The molecule has 1 rings (SSSR count). The molecule has 0 radical (unpaired) electrons. The highest BCUT2D eigenvalue weighted by molar-refractivity contribution is 7.91. The number of carbonyl (C=O) groups is 2. The maximum atomic E-state index is 11.6. The summed E-state index contributed by atoms with van der Waals surface area (Å²) in [5, 5.41) is 10.8. The van der Waals surface area contributed by atoms with Crippen LogP contribution in [-0.4, -0.2) is 44.4 Å². The summed E-state index contributed by atoms with van der Waals surface area (Å²) in [5.41, 5.74) is 0.406. The number of ether oxygens (including phenoxy) is 1. The van der Waals surface area contributed by atoms with Crippen LogP contribution in [0.5, 0.6) is 0 Å². The molecule has 0 aliphatic heterocycles. The molecule has 2 N–H and O–H groups in total. The number of aliphatic carboxylic acids is 1. The van der Waals surface area contributed by atoms with Crippen molar-refractivity contribution >= 4 is 27.4 Å². The van der Waals surface area contributed by atoms with Gasteiger partial charge >= 0.3 is 5.97 Å². The molecular weight excluding hydrogens is 286 g/mol. The van der Waals surface area contributed by atoms with Gasteiger partial charge in [0.05, 0.1) is 10.6 Å². The van der Waals surface area contributed by atoms with Gasteiger partial charge in [-0.05, 0) is 24.3 Å². The lowest BCUT2D eigenvalue weighted by atomic mass is 10.3. The predicted molar refractivity (Wildman–Crippen MR) is 71.3 cm³/mol. The summed E-state index contributed by atoms with van der Waals surface area (Å²) in [6.07, 6.45) is 0. The average Bonchev–Trinajstić information content (AvgIpc) is 2.39. The summed E-state index contributed by atoms with van der Waals surface area (Å²) in [7, 11) is -3.27. The second-order valence-corrected chi connectivity index (χ2v) is 6.14. The fourth-order valence-electron chi connectivity index (χ4n) is 1.34. The Kier molecular flexibility index (Phi) is 5.66. The quantitative estimate of drug-likeness (QED) is 0.759. The van der Waals surface area contributed by atoms with Crippen LogP contribution in [0.4, 0.5) is 5.69 Å². The molecule has 20 heavy (non-hydrogen) atoms. The summed E-state index contributed by atoms with van der Waals surface area (Å²) < 4.78 is 27.8. The first-order chi connectivity index (χ1) is 9.35. The smallest absolute Gasteiger partial charge is 0.329 e. The fourth-order valence-corrected chi connectivity index (χ4v) is 2.22. The van der Waals surface area contributed by atoms with E-state index in [0.29, 0.717) is 5.69 Å². The SMILES string of the molecule is CCS(=O)(=O)c1ccc(NC(=O)COCC(=O)O)cc1. The molecule has 0 aliphatic rings. The normalized spacial score (nSPS) is 11.1.